The van der Waals surface area contributed by atoms with Crippen molar-refractivity contribution >= 4 is 11.6 Å². The fourth-order valence-electron chi connectivity index (χ4n) is 2.65. The first-order valence-electron chi connectivity index (χ1n) is 8.00. The van der Waals surface area contributed by atoms with Gasteiger partial charge < -0.3 is 15.4 Å². The van der Waals surface area contributed by atoms with Crippen LogP contribution in [-0.2, 0) is 4.79 Å². The van der Waals surface area contributed by atoms with Gasteiger partial charge >= 0.3 is 0 Å². The summed E-state index contributed by atoms with van der Waals surface area (Å²) in [7, 11) is 0. The Morgan fingerprint density at radius 3 is 2.76 bits per heavy atom. The first kappa shape index (κ1) is 15.8. The molecule has 0 radical (unpaired) electrons. The lowest BCUT2D eigenvalue weighted by Crippen LogP contribution is -2.46. The monoisotopic (exact) mass is 290 g/mol. The standard InChI is InChI=1S/C17H26N2O2/c1-3-11-21-15-7-5-14(6-8-15)19-17(20)16-12-13(4-2)9-10-18-16/h5-8,13,16,18H,3-4,9-12H2,1-2H3,(H,19,20). The maximum atomic E-state index is 12.3. The lowest BCUT2D eigenvalue weighted by atomic mass is 9.90. The Hall–Kier alpha value is -1.55. The highest BCUT2D eigenvalue weighted by molar-refractivity contribution is 5.94. The van der Waals surface area contributed by atoms with Gasteiger partial charge in [-0.25, -0.2) is 0 Å². The van der Waals surface area contributed by atoms with E-state index in [0.717, 1.165) is 43.9 Å². The van der Waals surface area contributed by atoms with Gasteiger partial charge in [0.05, 0.1) is 12.6 Å². The summed E-state index contributed by atoms with van der Waals surface area (Å²) in [6.07, 6.45) is 4.24. The van der Waals surface area contributed by atoms with E-state index in [1.165, 1.54) is 6.42 Å². The Labute approximate surface area is 127 Å². The van der Waals surface area contributed by atoms with Crippen molar-refractivity contribution in [2.45, 2.75) is 45.6 Å². The van der Waals surface area contributed by atoms with Crippen LogP contribution in [0.3, 0.4) is 0 Å². The summed E-state index contributed by atoms with van der Waals surface area (Å²) in [6, 6.07) is 7.51. The van der Waals surface area contributed by atoms with E-state index in [1.807, 2.05) is 24.3 Å². The molecule has 2 unspecified atom stereocenters. The van der Waals surface area contributed by atoms with Gasteiger partial charge in [0.1, 0.15) is 5.75 Å². The molecule has 0 saturated carbocycles. The van der Waals surface area contributed by atoms with Gasteiger partial charge in [-0.1, -0.05) is 20.3 Å². The second kappa shape index (κ2) is 8.03. The van der Waals surface area contributed by atoms with Gasteiger partial charge in [0.15, 0.2) is 0 Å². The van der Waals surface area contributed by atoms with Crippen molar-refractivity contribution in [3.8, 4) is 5.75 Å². The molecular formula is C17H26N2O2. The number of piperidine rings is 1. The SMILES string of the molecule is CCCOc1ccc(NC(=O)C2CC(CC)CCN2)cc1. The van der Waals surface area contributed by atoms with E-state index in [2.05, 4.69) is 24.5 Å². The highest BCUT2D eigenvalue weighted by Gasteiger charge is 2.25. The number of benzene rings is 1. The number of rotatable bonds is 6. The van der Waals surface area contributed by atoms with Crippen molar-refractivity contribution in [2.24, 2.45) is 5.92 Å². The molecule has 1 fully saturated rings. The predicted octanol–water partition coefficient (Wildman–Crippen LogP) is 3.19. The summed E-state index contributed by atoms with van der Waals surface area (Å²) in [5.41, 5.74) is 0.823. The van der Waals surface area contributed by atoms with E-state index in [-0.39, 0.29) is 11.9 Å². The minimum Gasteiger partial charge on any atom is -0.494 e. The summed E-state index contributed by atoms with van der Waals surface area (Å²) < 4.78 is 5.54. The summed E-state index contributed by atoms with van der Waals surface area (Å²) in [5.74, 6) is 1.57. The molecule has 4 nitrogen and oxygen atoms in total. The fourth-order valence-corrected chi connectivity index (χ4v) is 2.65. The van der Waals surface area contributed by atoms with E-state index >= 15 is 0 Å². The minimum atomic E-state index is -0.0697. The first-order valence-corrected chi connectivity index (χ1v) is 8.00. The Morgan fingerprint density at radius 1 is 1.33 bits per heavy atom. The molecule has 1 heterocycles. The van der Waals surface area contributed by atoms with E-state index in [1.54, 1.807) is 0 Å². The molecule has 1 aliphatic rings. The number of amides is 1. The van der Waals surface area contributed by atoms with Gasteiger partial charge in [0.2, 0.25) is 5.91 Å². The Morgan fingerprint density at radius 2 is 2.10 bits per heavy atom. The molecule has 1 saturated heterocycles. The second-order valence-electron chi connectivity index (χ2n) is 5.67. The maximum Gasteiger partial charge on any atom is 0.241 e. The van der Waals surface area contributed by atoms with Crippen LogP contribution >= 0.6 is 0 Å². The molecule has 0 bridgehead atoms. The van der Waals surface area contributed by atoms with Crippen molar-refractivity contribution in [3.05, 3.63) is 24.3 Å². The first-order chi connectivity index (χ1) is 10.2. The number of nitrogens with one attached hydrogen (secondary N) is 2. The van der Waals surface area contributed by atoms with Crippen LogP contribution < -0.4 is 15.4 Å². The van der Waals surface area contributed by atoms with Crippen LogP contribution in [0.1, 0.15) is 39.5 Å². The number of ether oxygens (including phenoxy) is 1. The molecule has 2 rings (SSSR count). The summed E-state index contributed by atoms with van der Waals surface area (Å²) in [5, 5.41) is 6.29. The molecule has 1 amide bonds. The van der Waals surface area contributed by atoms with Crippen molar-refractivity contribution in [1.82, 2.24) is 5.32 Å². The van der Waals surface area contributed by atoms with Crippen LogP contribution in [0.15, 0.2) is 24.3 Å². The summed E-state index contributed by atoms with van der Waals surface area (Å²) in [6.45, 7) is 5.92. The number of carbonyl (C=O) groups excluding carboxylic acids is 1. The van der Waals surface area contributed by atoms with Crippen molar-refractivity contribution in [1.29, 1.82) is 0 Å². The van der Waals surface area contributed by atoms with Crippen LogP contribution in [0, 0.1) is 5.92 Å². The summed E-state index contributed by atoms with van der Waals surface area (Å²) in [4.78, 5) is 12.3. The second-order valence-corrected chi connectivity index (χ2v) is 5.67. The van der Waals surface area contributed by atoms with Gasteiger partial charge in [0.25, 0.3) is 0 Å². The molecule has 0 aliphatic carbocycles. The molecule has 4 heteroatoms. The molecule has 2 atom stereocenters. The number of hydrogen-bond donors (Lipinski definition) is 2. The summed E-state index contributed by atoms with van der Waals surface area (Å²) >= 11 is 0. The zero-order valence-electron chi connectivity index (χ0n) is 13.0. The molecule has 116 valence electrons. The third-order valence-corrected chi connectivity index (χ3v) is 4.00. The number of hydrogen-bond acceptors (Lipinski definition) is 3. The average molecular weight is 290 g/mol. The minimum absolute atomic E-state index is 0.0652. The quantitative estimate of drug-likeness (QED) is 0.846. The van der Waals surface area contributed by atoms with Gasteiger partial charge in [-0.15, -0.1) is 0 Å². The van der Waals surface area contributed by atoms with Crippen LogP contribution in [-0.4, -0.2) is 25.1 Å². The van der Waals surface area contributed by atoms with Crippen LogP contribution in [0.5, 0.6) is 5.75 Å². The molecule has 21 heavy (non-hydrogen) atoms. The topological polar surface area (TPSA) is 50.4 Å². The van der Waals surface area contributed by atoms with E-state index < -0.39 is 0 Å². The van der Waals surface area contributed by atoms with E-state index in [9.17, 15) is 4.79 Å². The molecule has 0 aromatic heterocycles. The molecule has 1 aromatic rings. The molecule has 1 aromatic carbocycles. The van der Waals surface area contributed by atoms with Crippen molar-refractivity contribution in [3.63, 3.8) is 0 Å². The maximum absolute atomic E-state index is 12.3. The average Bonchev–Trinajstić information content (AvgIpc) is 2.54. The molecular weight excluding hydrogens is 264 g/mol. The fraction of sp³-hybridized carbons (Fsp3) is 0.588. The largest absolute Gasteiger partial charge is 0.494 e. The van der Waals surface area contributed by atoms with Crippen molar-refractivity contribution < 1.29 is 9.53 Å². The smallest absolute Gasteiger partial charge is 0.241 e. The molecule has 1 aliphatic heterocycles. The molecule has 0 spiro atoms. The zero-order valence-corrected chi connectivity index (χ0v) is 13.0. The number of anilines is 1. The van der Waals surface area contributed by atoms with Gasteiger partial charge in [-0.2, -0.15) is 0 Å². The lowest BCUT2D eigenvalue weighted by molar-refractivity contribution is -0.119. The third-order valence-electron chi connectivity index (χ3n) is 4.00. The predicted molar refractivity (Wildman–Crippen MR) is 85.7 cm³/mol. The normalized spacial score (nSPS) is 21.8. The van der Waals surface area contributed by atoms with Gasteiger partial charge in [-0.3, -0.25) is 4.79 Å². The third kappa shape index (κ3) is 4.74. The zero-order chi connectivity index (χ0) is 15.1. The Bertz CT molecular complexity index is 445. The van der Waals surface area contributed by atoms with Crippen LogP contribution in [0.25, 0.3) is 0 Å². The Kier molecular flexibility index (Phi) is 6.05. The van der Waals surface area contributed by atoms with E-state index in [4.69, 9.17) is 4.74 Å². The molecule has 2 N–H and O–H groups in total. The van der Waals surface area contributed by atoms with Crippen LogP contribution in [0.2, 0.25) is 0 Å². The Balaban J connectivity index is 1.87. The number of carbonyl (C=O) groups is 1. The highest BCUT2D eigenvalue weighted by atomic mass is 16.5. The van der Waals surface area contributed by atoms with Crippen molar-refractivity contribution in [2.75, 3.05) is 18.5 Å². The van der Waals surface area contributed by atoms with E-state index in [0.29, 0.717) is 5.92 Å². The van der Waals surface area contributed by atoms with Gasteiger partial charge in [0, 0.05) is 5.69 Å². The lowest BCUT2D eigenvalue weighted by Gasteiger charge is -2.28. The van der Waals surface area contributed by atoms with Gasteiger partial charge in [-0.05, 0) is 56.0 Å². The highest BCUT2D eigenvalue weighted by Crippen LogP contribution is 2.21. The van der Waals surface area contributed by atoms with Crippen LogP contribution in [0.4, 0.5) is 5.69 Å².